The van der Waals surface area contributed by atoms with Gasteiger partial charge < -0.3 is 4.74 Å². The lowest BCUT2D eigenvalue weighted by atomic mass is 9.73. The minimum absolute atomic E-state index is 0.00800. The van der Waals surface area contributed by atoms with E-state index in [0.717, 1.165) is 18.4 Å². The molecule has 0 amide bonds. The quantitative estimate of drug-likeness (QED) is 0.730. The Morgan fingerprint density at radius 2 is 1.86 bits per heavy atom. The maximum Gasteiger partial charge on any atom is 0.307 e. The molecule has 0 aromatic heterocycles. The van der Waals surface area contributed by atoms with Crippen LogP contribution in [0.4, 0.5) is 0 Å². The number of fused-ring (bicyclic) bond motifs is 2. The maximum atomic E-state index is 12.3. The minimum atomic E-state index is -0.0166. The van der Waals surface area contributed by atoms with Crippen LogP contribution in [0.3, 0.4) is 0 Å². The molecule has 0 saturated carbocycles. The Bertz CT molecular complexity index is 402. The number of carbonyl (C=O) groups is 1. The number of nitrogens with zero attached hydrogens (tertiary/aromatic N) is 2. The van der Waals surface area contributed by atoms with Crippen molar-refractivity contribution in [2.75, 3.05) is 26.2 Å². The van der Waals surface area contributed by atoms with E-state index in [2.05, 4.69) is 23.6 Å². The summed E-state index contributed by atoms with van der Waals surface area (Å²) in [7, 11) is 0. The third-order valence-corrected chi connectivity index (χ3v) is 5.69. The molecule has 4 saturated heterocycles. The molecular formula is C18H32N2O2. The second-order valence-electron chi connectivity index (χ2n) is 8.19. The standard InChI is InChI=1S/C18H32N2O2/c1-12(2)10-20-11-15-14-5-7-19(8-6-14)18(15)16(20)9-17(21)22-13(3)4/h12-16,18H,5-11H2,1-4H3. The van der Waals surface area contributed by atoms with Gasteiger partial charge in [-0.25, -0.2) is 0 Å². The Morgan fingerprint density at radius 3 is 2.45 bits per heavy atom. The number of rotatable bonds is 5. The average Bonchev–Trinajstić information content (AvgIpc) is 2.79. The molecule has 4 rings (SSSR count). The van der Waals surface area contributed by atoms with Gasteiger partial charge in [0.25, 0.3) is 0 Å². The highest BCUT2D eigenvalue weighted by Crippen LogP contribution is 2.45. The normalized spacial score (nSPS) is 37.8. The molecule has 22 heavy (non-hydrogen) atoms. The fourth-order valence-electron chi connectivity index (χ4n) is 5.01. The predicted octanol–water partition coefficient (Wildman–Crippen LogP) is 2.38. The number of piperidine rings is 3. The Morgan fingerprint density at radius 1 is 1.18 bits per heavy atom. The molecule has 4 heterocycles. The van der Waals surface area contributed by atoms with Crippen LogP contribution in [0.5, 0.6) is 0 Å². The topological polar surface area (TPSA) is 32.8 Å². The highest BCUT2D eigenvalue weighted by atomic mass is 16.5. The van der Waals surface area contributed by atoms with Crippen LogP contribution >= 0.6 is 0 Å². The molecule has 0 N–H and O–H groups in total. The van der Waals surface area contributed by atoms with Gasteiger partial charge >= 0.3 is 5.97 Å². The van der Waals surface area contributed by atoms with Crippen molar-refractivity contribution in [3.05, 3.63) is 0 Å². The van der Waals surface area contributed by atoms with E-state index in [1.165, 1.54) is 32.5 Å². The lowest BCUT2D eigenvalue weighted by Gasteiger charge is -2.49. The molecule has 3 atom stereocenters. The Kier molecular flexibility index (Phi) is 4.79. The van der Waals surface area contributed by atoms with Gasteiger partial charge in [-0.05, 0) is 57.5 Å². The van der Waals surface area contributed by atoms with Gasteiger partial charge in [-0.2, -0.15) is 0 Å². The highest BCUT2D eigenvalue weighted by molar-refractivity contribution is 5.70. The van der Waals surface area contributed by atoms with E-state index in [4.69, 9.17) is 4.74 Å². The highest BCUT2D eigenvalue weighted by Gasteiger charge is 2.52. The fourth-order valence-corrected chi connectivity index (χ4v) is 5.01. The number of likely N-dealkylation sites (tertiary alicyclic amines) is 1. The first-order valence-corrected chi connectivity index (χ1v) is 9.13. The molecule has 4 aliphatic rings. The van der Waals surface area contributed by atoms with Crippen molar-refractivity contribution in [3.63, 3.8) is 0 Å². The van der Waals surface area contributed by atoms with Gasteiger partial charge in [0.05, 0.1) is 12.5 Å². The SMILES string of the molecule is CC(C)CN1CC2C3CCN(CC3)C2C1CC(=O)OC(C)C. The summed E-state index contributed by atoms with van der Waals surface area (Å²) in [6, 6.07) is 0.952. The molecule has 2 bridgehead atoms. The maximum absolute atomic E-state index is 12.3. The molecule has 4 heteroatoms. The van der Waals surface area contributed by atoms with Crippen molar-refractivity contribution in [1.29, 1.82) is 0 Å². The molecular weight excluding hydrogens is 276 g/mol. The first-order valence-electron chi connectivity index (χ1n) is 9.13. The van der Waals surface area contributed by atoms with Crippen LogP contribution in [0.1, 0.15) is 47.0 Å². The average molecular weight is 308 g/mol. The number of hydrogen-bond acceptors (Lipinski definition) is 4. The summed E-state index contributed by atoms with van der Waals surface area (Å²) in [5.41, 5.74) is 0. The number of hydrogen-bond donors (Lipinski definition) is 0. The van der Waals surface area contributed by atoms with E-state index in [9.17, 15) is 4.79 Å². The van der Waals surface area contributed by atoms with Crippen molar-refractivity contribution in [2.24, 2.45) is 17.8 Å². The molecule has 126 valence electrons. The van der Waals surface area contributed by atoms with Gasteiger partial charge in [0.1, 0.15) is 0 Å². The van der Waals surface area contributed by atoms with Crippen LogP contribution in [-0.2, 0) is 9.53 Å². The van der Waals surface area contributed by atoms with E-state index in [0.29, 0.717) is 24.4 Å². The van der Waals surface area contributed by atoms with E-state index in [1.54, 1.807) is 0 Å². The molecule has 0 aromatic carbocycles. The Balaban J connectivity index is 1.74. The second-order valence-corrected chi connectivity index (χ2v) is 8.19. The van der Waals surface area contributed by atoms with E-state index >= 15 is 0 Å². The molecule has 3 unspecified atom stereocenters. The van der Waals surface area contributed by atoms with E-state index in [-0.39, 0.29) is 12.1 Å². The number of esters is 1. The van der Waals surface area contributed by atoms with E-state index in [1.807, 2.05) is 13.8 Å². The molecule has 0 aliphatic carbocycles. The molecule has 4 nitrogen and oxygen atoms in total. The zero-order valence-corrected chi connectivity index (χ0v) is 14.6. The van der Waals surface area contributed by atoms with Gasteiger partial charge in [0.15, 0.2) is 0 Å². The first-order chi connectivity index (χ1) is 10.5. The largest absolute Gasteiger partial charge is 0.463 e. The van der Waals surface area contributed by atoms with E-state index < -0.39 is 0 Å². The van der Waals surface area contributed by atoms with Crippen LogP contribution in [0.25, 0.3) is 0 Å². The summed E-state index contributed by atoms with van der Waals surface area (Å²) < 4.78 is 5.44. The van der Waals surface area contributed by atoms with Crippen molar-refractivity contribution >= 4 is 5.97 Å². The van der Waals surface area contributed by atoms with Gasteiger partial charge in [-0.3, -0.25) is 14.6 Å². The number of ether oxygens (including phenoxy) is 1. The summed E-state index contributed by atoms with van der Waals surface area (Å²) in [5, 5.41) is 0. The molecule has 4 fully saturated rings. The lowest BCUT2D eigenvalue weighted by Crippen LogP contribution is -2.57. The Hall–Kier alpha value is -0.610. The third-order valence-electron chi connectivity index (χ3n) is 5.69. The number of carbonyl (C=O) groups excluding carboxylic acids is 1. The van der Waals surface area contributed by atoms with Gasteiger partial charge in [-0.1, -0.05) is 13.8 Å². The summed E-state index contributed by atoms with van der Waals surface area (Å²) in [5.74, 6) is 2.29. The second kappa shape index (κ2) is 6.48. The minimum Gasteiger partial charge on any atom is -0.463 e. The van der Waals surface area contributed by atoms with Crippen LogP contribution in [0, 0.1) is 17.8 Å². The van der Waals surface area contributed by atoms with Gasteiger partial charge in [0, 0.05) is 25.2 Å². The third kappa shape index (κ3) is 3.18. The lowest BCUT2D eigenvalue weighted by molar-refractivity contribution is -0.149. The summed E-state index contributed by atoms with van der Waals surface area (Å²) in [4.78, 5) is 17.5. The summed E-state index contributed by atoms with van der Waals surface area (Å²) >= 11 is 0. The molecule has 0 aromatic rings. The first kappa shape index (κ1) is 16.3. The zero-order valence-electron chi connectivity index (χ0n) is 14.6. The molecule has 4 aliphatic heterocycles. The molecule has 0 spiro atoms. The predicted molar refractivity (Wildman–Crippen MR) is 87.6 cm³/mol. The van der Waals surface area contributed by atoms with Crippen molar-refractivity contribution in [1.82, 2.24) is 9.80 Å². The van der Waals surface area contributed by atoms with Crippen LogP contribution in [0.15, 0.2) is 0 Å². The van der Waals surface area contributed by atoms with Crippen molar-refractivity contribution in [2.45, 2.75) is 65.1 Å². The monoisotopic (exact) mass is 308 g/mol. The van der Waals surface area contributed by atoms with Crippen LogP contribution < -0.4 is 0 Å². The van der Waals surface area contributed by atoms with Gasteiger partial charge in [0.2, 0.25) is 0 Å². The zero-order chi connectivity index (χ0) is 15.9. The Labute approximate surface area is 135 Å². The summed E-state index contributed by atoms with van der Waals surface area (Å²) in [6.07, 6.45) is 3.28. The van der Waals surface area contributed by atoms with Crippen molar-refractivity contribution in [3.8, 4) is 0 Å². The van der Waals surface area contributed by atoms with Crippen LogP contribution in [0.2, 0.25) is 0 Å². The van der Waals surface area contributed by atoms with Crippen LogP contribution in [-0.4, -0.2) is 60.1 Å². The fraction of sp³-hybridized carbons (Fsp3) is 0.944. The summed E-state index contributed by atoms with van der Waals surface area (Å²) in [6.45, 7) is 13.2. The van der Waals surface area contributed by atoms with Crippen molar-refractivity contribution < 1.29 is 9.53 Å². The smallest absolute Gasteiger partial charge is 0.307 e. The van der Waals surface area contributed by atoms with Gasteiger partial charge in [-0.15, -0.1) is 0 Å². The molecule has 0 radical (unpaired) electrons.